The number of rotatable bonds is 6. The Morgan fingerprint density at radius 2 is 2.15 bits per heavy atom. The van der Waals surface area contributed by atoms with Crippen molar-refractivity contribution < 1.29 is 4.79 Å². The van der Waals surface area contributed by atoms with Crippen molar-refractivity contribution in [2.75, 3.05) is 33.7 Å². The highest BCUT2D eigenvalue weighted by Crippen LogP contribution is 2.22. The number of amides is 1. The lowest BCUT2D eigenvalue weighted by Gasteiger charge is -2.26. The van der Waals surface area contributed by atoms with Crippen LogP contribution in [-0.2, 0) is 11.2 Å². The zero-order chi connectivity index (χ0) is 14.4. The molecule has 0 radical (unpaired) electrons. The van der Waals surface area contributed by atoms with Crippen molar-refractivity contribution in [2.45, 2.75) is 25.3 Å². The molecular formula is C16H25N3O. The number of carbonyl (C=O) groups is 1. The van der Waals surface area contributed by atoms with E-state index >= 15 is 0 Å². The standard InChI is InChI=1S/C16H25N3O/c1-19(2)12-6-5-10-18-16(20)15-14-8-4-3-7-13(14)9-11-17-15/h3-4,7-8,15,17H,5-6,9-12H2,1-2H3,(H,18,20). The van der Waals surface area contributed by atoms with Gasteiger partial charge in [-0.3, -0.25) is 4.79 Å². The highest BCUT2D eigenvalue weighted by molar-refractivity contribution is 5.83. The zero-order valence-corrected chi connectivity index (χ0v) is 12.5. The third kappa shape index (κ3) is 4.05. The molecule has 2 rings (SSSR count). The van der Waals surface area contributed by atoms with Crippen LogP contribution in [0.4, 0.5) is 0 Å². The van der Waals surface area contributed by atoms with E-state index in [1.165, 1.54) is 5.56 Å². The van der Waals surface area contributed by atoms with E-state index in [4.69, 9.17) is 0 Å². The van der Waals surface area contributed by atoms with Gasteiger partial charge in [0, 0.05) is 13.1 Å². The number of fused-ring (bicyclic) bond motifs is 1. The van der Waals surface area contributed by atoms with Crippen molar-refractivity contribution >= 4 is 5.91 Å². The van der Waals surface area contributed by atoms with E-state index in [2.05, 4.69) is 41.8 Å². The lowest BCUT2D eigenvalue weighted by molar-refractivity contribution is -0.123. The Morgan fingerprint density at radius 3 is 2.95 bits per heavy atom. The van der Waals surface area contributed by atoms with Crippen molar-refractivity contribution in [1.82, 2.24) is 15.5 Å². The minimum atomic E-state index is -0.186. The van der Waals surface area contributed by atoms with Crippen LogP contribution in [0.15, 0.2) is 24.3 Å². The summed E-state index contributed by atoms with van der Waals surface area (Å²) in [6.07, 6.45) is 3.14. The van der Waals surface area contributed by atoms with Crippen LogP contribution in [0.25, 0.3) is 0 Å². The topological polar surface area (TPSA) is 44.4 Å². The molecule has 1 atom stereocenters. The number of carbonyl (C=O) groups excluding carboxylic acids is 1. The van der Waals surface area contributed by atoms with Crippen LogP contribution in [0.1, 0.15) is 30.0 Å². The van der Waals surface area contributed by atoms with E-state index in [1.54, 1.807) is 0 Å². The maximum atomic E-state index is 12.3. The summed E-state index contributed by atoms with van der Waals surface area (Å²) in [5.41, 5.74) is 2.42. The average molecular weight is 275 g/mol. The van der Waals surface area contributed by atoms with Crippen LogP contribution >= 0.6 is 0 Å². The monoisotopic (exact) mass is 275 g/mol. The predicted octanol–water partition coefficient (Wildman–Crippen LogP) is 1.33. The second-order valence-electron chi connectivity index (χ2n) is 5.64. The molecule has 20 heavy (non-hydrogen) atoms. The molecule has 4 heteroatoms. The fraction of sp³-hybridized carbons (Fsp3) is 0.562. The summed E-state index contributed by atoms with van der Waals surface area (Å²) in [6.45, 7) is 2.70. The summed E-state index contributed by atoms with van der Waals surface area (Å²) in [7, 11) is 4.14. The maximum Gasteiger partial charge on any atom is 0.241 e. The van der Waals surface area contributed by atoms with Gasteiger partial charge in [-0.15, -0.1) is 0 Å². The third-order valence-corrected chi connectivity index (χ3v) is 3.70. The van der Waals surface area contributed by atoms with Gasteiger partial charge in [0.05, 0.1) is 0 Å². The number of unbranched alkanes of at least 4 members (excludes halogenated alkanes) is 1. The fourth-order valence-electron chi connectivity index (χ4n) is 2.61. The Bertz CT molecular complexity index is 445. The van der Waals surface area contributed by atoms with Gasteiger partial charge < -0.3 is 15.5 Å². The molecule has 1 aromatic carbocycles. The van der Waals surface area contributed by atoms with Crippen molar-refractivity contribution in [3.63, 3.8) is 0 Å². The molecule has 1 amide bonds. The van der Waals surface area contributed by atoms with E-state index in [9.17, 15) is 4.79 Å². The van der Waals surface area contributed by atoms with E-state index in [0.717, 1.165) is 44.5 Å². The van der Waals surface area contributed by atoms with Gasteiger partial charge in [-0.05, 0) is 51.0 Å². The summed E-state index contributed by atoms with van der Waals surface area (Å²) in [4.78, 5) is 14.4. The highest BCUT2D eigenvalue weighted by Gasteiger charge is 2.25. The van der Waals surface area contributed by atoms with Gasteiger partial charge in [-0.25, -0.2) is 0 Å². The number of hydrogen-bond acceptors (Lipinski definition) is 3. The fourth-order valence-corrected chi connectivity index (χ4v) is 2.61. The molecule has 2 N–H and O–H groups in total. The maximum absolute atomic E-state index is 12.3. The van der Waals surface area contributed by atoms with Crippen LogP contribution < -0.4 is 10.6 Å². The minimum absolute atomic E-state index is 0.0991. The first kappa shape index (κ1) is 15.0. The van der Waals surface area contributed by atoms with Crippen LogP contribution in [0.3, 0.4) is 0 Å². The first-order valence-electron chi connectivity index (χ1n) is 7.42. The molecule has 1 aliphatic rings. The Hall–Kier alpha value is -1.39. The SMILES string of the molecule is CN(C)CCCCNC(=O)C1NCCc2ccccc21. The van der Waals surface area contributed by atoms with E-state index < -0.39 is 0 Å². The smallest absolute Gasteiger partial charge is 0.241 e. The van der Waals surface area contributed by atoms with E-state index in [0.29, 0.717) is 0 Å². The molecule has 0 aliphatic carbocycles. The van der Waals surface area contributed by atoms with Crippen LogP contribution in [0.5, 0.6) is 0 Å². The first-order valence-corrected chi connectivity index (χ1v) is 7.42. The van der Waals surface area contributed by atoms with Crippen molar-refractivity contribution in [3.05, 3.63) is 35.4 Å². The van der Waals surface area contributed by atoms with Gasteiger partial charge in [-0.2, -0.15) is 0 Å². The normalized spacial score (nSPS) is 17.9. The van der Waals surface area contributed by atoms with Crippen molar-refractivity contribution in [3.8, 4) is 0 Å². The summed E-state index contributed by atoms with van der Waals surface area (Å²) in [5, 5.41) is 6.36. The predicted molar refractivity (Wildman–Crippen MR) is 81.7 cm³/mol. The minimum Gasteiger partial charge on any atom is -0.354 e. The molecule has 110 valence electrons. The van der Waals surface area contributed by atoms with Crippen LogP contribution in [0.2, 0.25) is 0 Å². The van der Waals surface area contributed by atoms with Crippen LogP contribution in [-0.4, -0.2) is 44.5 Å². The second-order valence-corrected chi connectivity index (χ2v) is 5.64. The Labute approximate surface area is 121 Å². The molecular weight excluding hydrogens is 250 g/mol. The summed E-state index contributed by atoms with van der Waals surface area (Å²) in [5.74, 6) is 0.0991. The molecule has 0 aromatic heterocycles. The largest absolute Gasteiger partial charge is 0.354 e. The van der Waals surface area contributed by atoms with Gasteiger partial charge in [0.15, 0.2) is 0 Å². The molecule has 1 aliphatic heterocycles. The third-order valence-electron chi connectivity index (χ3n) is 3.70. The average Bonchev–Trinajstić information content (AvgIpc) is 2.45. The molecule has 0 saturated heterocycles. The van der Waals surface area contributed by atoms with Gasteiger partial charge >= 0.3 is 0 Å². The Morgan fingerprint density at radius 1 is 1.35 bits per heavy atom. The van der Waals surface area contributed by atoms with Gasteiger partial charge in [0.2, 0.25) is 5.91 Å². The Kier molecular flexibility index (Phi) is 5.56. The molecule has 0 bridgehead atoms. The quantitative estimate of drug-likeness (QED) is 0.770. The molecule has 0 fully saturated rings. The summed E-state index contributed by atoms with van der Waals surface area (Å²) < 4.78 is 0. The molecule has 0 saturated carbocycles. The summed E-state index contributed by atoms with van der Waals surface area (Å²) in [6, 6.07) is 8.03. The first-order chi connectivity index (χ1) is 9.68. The zero-order valence-electron chi connectivity index (χ0n) is 12.5. The number of nitrogens with zero attached hydrogens (tertiary/aromatic N) is 1. The van der Waals surface area contributed by atoms with Gasteiger partial charge in [-0.1, -0.05) is 24.3 Å². The van der Waals surface area contributed by atoms with Gasteiger partial charge in [0.25, 0.3) is 0 Å². The molecule has 4 nitrogen and oxygen atoms in total. The lowest BCUT2D eigenvalue weighted by atomic mass is 9.94. The summed E-state index contributed by atoms with van der Waals surface area (Å²) >= 11 is 0. The van der Waals surface area contributed by atoms with Crippen molar-refractivity contribution in [2.24, 2.45) is 0 Å². The highest BCUT2D eigenvalue weighted by atomic mass is 16.2. The molecule has 1 aromatic rings. The van der Waals surface area contributed by atoms with E-state index in [-0.39, 0.29) is 11.9 Å². The molecule has 1 heterocycles. The number of hydrogen-bond donors (Lipinski definition) is 2. The number of nitrogens with one attached hydrogen (secondary N) is 2. The lowest BCUT2D eigenvalue weighted by Crippen LogP contribution is -2.41. The number of benzene rings is 1. The molecule has 1 unspecified atom stereocenters. The molecule has 0 spiro atoms. The Balaban J connectivity index is 1.82. The van der Waals surface area contributed by atoms with Crippen molar-refractivity contribution in [1.29, 1.82) is 0 Å². The van der Waals surface area contributed by atoms with Gasteiger partial charge in [0.1, 0.15) is 6.04 Å². The second kappa shape index (κ2) is 7.41. The van der Waals surface area contributed by atoms with Crippen LogP contribution in [0, 0.1) is 0 Å². The van der Waals surface area contributed by atoms with E-state index in [1.807, 2.05) is 12.1 Å².